The number of pyridine rings is 1. The first kappa shape index (κ1) is 39.3. The van der Waals surface area contributed by atoms with E-state index in [4.69, 9.17) is 23.9 Å². The van der Waals surface area contributed by atoms with E-state index in [1.165, 1.54) is 38.5 Å². The standard InChI is InChI=1S/C22H22F3N3O2.C16H16BrF3N2O2/c1-13-10-15(6-8-26-13)20-18-7-9-30-14(2)12-28(18)21(27-20)16-4-5-17(22(23,24)25)19(11-16)29-3;1-9-8-22-12(5-6-24-9)14(17)21-15(22)10-3-4-11(16(18,19)20)13(7-10)23-2/h4-6,8,10-11,14H,7,9,12H2,1-3H3;3-4,7,9H,5-6,8H2,1-2H3/t14-;9-/m11/s1. The van der Waals surface area contributed by atoms with Gasteiger partial charge in [-0.25, -0.2) is 9.97 Å². The number of alkyl halides is 6. The topological polar surface area (TPSA) is 85.5 Å². The Morgan fingerprint density at radius 3 is 1.70 bits per heavy atom. The number of aromatic nitrogens is 5. The Hall–Kier alpha value is -4.41. The quantitative estimate of drug-likeness (QED) is 0.164. The molecule has 9 nitrogen and oxygen atoms in total. The van der Waals surface area contributed by atoms with Gasteiger partial charge in [-0.1, -0.05) is 12.1 Å². The average molecular weight is 823 g/mol. The van der Waals surface area contributed by atoms with Crippen molar-refractivity contribution < 1.29 is 45.3 Å². The minimum atomic E-state index is -4.49. The monoisotopic (exact) mass is 821 g/mol. The SMILES string of the molecule is COc1cc(-c2nc(-c3ccnc(C)c3)c3n2C[C@@H](C)OCC3)ccc1C(F)(F)F.COc1cc(-c2nc(Br)c3n2C[C@@H](C)OCC3)ccc1C(F)(F)F. The Morgan fingerprint density at radius 1 is 0.704 bits per heavy atom. The molecule has 2 aromatic carbocycles. The minimum Gasteiger partial charge on any atom is -0.496 e. The highest BCUT2D eigenvalue weighted by atomic mass is 79.9. The van der Waals surface area contributed by atoms with Gasteiger partial charge in [-0.2, -0.15) is 26.3 Å². The number of fused-ring (bicyclic) bond motifs is 2. The third-order valence-corrected chi connectivity index (χ3v) is 9.79. The molecule has 5 heterocycles. The summed E-state index contributed by atoms with van der Waals surface area (Å²) < 4.78 is 105. The van der Waals surface area contributed by atoms with Crippen LogP contribution >= 0.6 is 15.9 Å². The lowest BCUT2D eigenvalue weighted by Gasteiger charge is -2.15. The van der Waals surface area contributed by atoms with Gasteiger partial charge < -0.3 is 28.1 Å². The molecule has 288 valence electrons. The molecule has 0 unspecified atom stereocenters. The molecular formula is C38H38BrF6N5O4. The molecule has 2 aliphatic heterocycles. The lowest BCUT2D eigenvalue weighted by molar-refractivity contribution is -0.139. The van der Waals surface area contributed by atoms with Gasteiger partial charge in [-0.15, -0.1) is 0 Å². The number of ether oxygens (including phenoxy) is 4. The highest BCUT2D eigenvalue weighted by molar-refractivity contribution is 9.10. The van der Waals surface area contributed by atoms with Crippen molar-refractivity contribution in [3.05, 3.63) is 87.5 Å². The molecule has 2 atom stereocenters. The van der Waals surface area contributed by atoms with Gasteiger partial charge in [-0.3, -0.25) is 4.98 Å². The maximum atomic E-state index is 13.3. The second kappa shape index (κ2) is 15.7. The Morgan fingerprint density at radius 2 is 1.20 bits per heavy atom. The van der Waals surface area contributed by atoms with Crippen LogP contribution in [0.5, 0.6) is 11.5 Å². The molecule has 54 heavy (non-hydrogen) atoms. The largest absolute Gasteiger partial charge is 0.496 e. The summed E-state index contributed by atoms with van der Waals surface area (Å²) in [6.07, 6.45) is -5.91. The van der Waals surface area contributed by atoms with Crippen LogP contribution in [0, 0.1) is 6.92 Å². The zero-order valence-corrected chi connectivity index (χ0v) is 31.7. The molecule has 5 aromatic rings. The van der Waals surface area contributed by atoms with Gasteiger partial charge in [0.25, 0.3) is 0 Å². The smallest absolute Gasteiger partial charge is 0.419 e. The number of methoxy groups -OCH3 is 2. The van der Waals surface area contributed by atoms with E-state index in [2.05, 4.69) is 25.9 Å². The van der Waals surface area contributed by atoms with Crippen LogP contribution < -0.4 is 9.47 Å². The highest BCUT2D eigenvalue weighted by Crippen LogP contribution is 2.41. The number of imidazole rings is 2. The lowest BCUT2D eigenvalue weighted by atomic mass is 10.1. The van der Waals surface area contributed by atoms with Gasteiger partial charge in [-0.05, 0) is 73.1 Å². The number of nitrogens with zero attached hydrogens (tertiary/aromatic N) is 5. The van der Waals surface area contributed by atoms with E-state index in [1.54, 1.807) is 6.20 Å². The minimum absolute atomic E-state index is 0.00226. The molecule has 7 rings (SSSR count). The molecule has 3 aromatic heterocycles. The summed E-state index contributed by atoms with van der Waals surface area (Å²) in [5.41, 5.74) is 4.09. The first-order valence-corrected chi connectivity index (χ1v) is 17.9. The maximum absolute atomic E-state index is 13.3. The van der Waals surface area contributed by atoms with E-state index in [1.807, 2.05) is 42.0 Å². The summed E-state index contributed by atoms with van der Waals surface area (Å²) in [7, 11) is 2.47. The van der Waals surface area contributed by atoms with Crippen molar-refractivity contribution in [2.45, 2.75) is 71.3 Å². The normalized spacial score (nSPS) is 17.4. The number of halogens is 7. The van der Waals surface area contributed by atoms with Crippen molar-refractivity contribution in [1.29, 1.82) is 0 Å². The molecule has 0 fully saturated rings. The Balaban J connectivity index is 0.000000189. The zero-order chi connectivity index (χ0) is 38.9. The summed E-state index contributed by atoms with van der Waals surface area (Å²) in [4.78, 5) is 13.6. The van der Waals surface area contributed by atoms with Crippen LogP contribution in [-0.2, 0) is 47.8 Å². The van der Waals surface area contributed by atoms with Crippen molar-refractivity contribution in [1.82, 2.24) is 24.1 Å². The molecule has 0 saturated heterocycles. The van der Waals surface area contributed by atoms with Crippen molar-refractivity contribution in [2.24, 2.45) is 0 Å². The fourth-order valence-electron chi connectivity index (χ4n) is 6.66. The summed E-state index contributed by atoms with van der Waals surface area (Å²) in [6, 6.07) is 11.6. The van der Waals surface area contributed by atoms with Crippen LogP contribution in [0.25, 0.3) is 34.0 Å². The van der Waals surface area contributed by atoms with Crippen LogP contribution in [0.2, 0.25) is 0 Å². The van der Waals surface area contributed by atoms with E-state index in [0.717, 1.165) is 40.5 Å². The van der Waals surface area contributed by atoms with Crippen LogP contribution in [0.3, 0.4) is 0 Å². The van der Waals surface area contributed by atoms with Crippen LogP contribution in [0.4, 0.5) is 26.3 Å². The van der Waals surface area contributed by atoms with Gasteiger partial charge in [0.05, 0.1) is 75.2 Å². The first-order chi connectivity index (χ1) is 25.6. The average Bonchev–Trinajstić information content (AvgIpc) is 3.44. The summed E-state index contributed by atoms with van der Waals surface area (Å²) in [5, 5.41) is 0. The molecule has 0 aliphatic carbocycles. The fraction of sp³-hybridized carbons (Fsp3) is 0.395. The number of hydrogen-bond acceptors (Lipinski definition) is 7. The van der Waals surface area contributed by atoms with Crippen LogP contribution in [-0.4, -0.2) is 63.7 Å². The fourth-order valence-corrected chi connectivity index (χ4v) is 7.24. The second-order valence-corrected chi connectivity index (χ2v) is 13.8. The molecule has 0 saturated carbocycles. The lowest BCUT2D eigenvalue weighted by Crippen LogP contribution is -2.15. The summed E-state index contributed by atoms with van der Waals surface area (Å²) >= 11 is 3.44. The van der Waals surface area contributed by atoms with E-state index < -0.39 is 23.5 Å². The predicted molar refractivity (Wildman–Crippen MR) is 192 cm³/mol. The van der Waals surface area contributed by atoms with Gasteiger partial charge in [0.1, 0.15) is 27.8 Å². The number of rotatable bonds is 5. The van der Waals surface area contributed by atoms with Gasteiger partial charge in [0, 0.05) is 47.1 Å². The summed E-state index contributed by atoms with van der Waals surface area (Å²) in [5.74, 6) is 0.753. The van der Waals surface area contributed by atoms with Crippen molar-refractivity contribution in [3.8, 4) is 45.5 Å². The Bertz CT molecular complexity index is 2130. The third-order valence-electron chi connectivity index (χ3n) is 9.16. The predicted octanol–water partition coefficient (Wildman–Crippen LogP) is 9.21. The van der Waals surface area contributed by atoms with E-state index in [9.17, 15) is 26.3 Å². The molecule has 0 amide bonds. The maximum Gasteiger partial charge on any atom is 0.419 e. The number of benzene rings is 2. The first-order valence-electron chi connectivity index (χ1n) is 17.1. The van der Waals surface area contributed by atoms with Crippen molar-refractivity contribution in [2.75, 3.05) is 27.4 Å². The zero-order valence-electron chi connectivity index (χ0n) is 30.1. The number of hydrogen-bond donors (Lipinski definition) is 0. The molecule has 0 bridgehead atoms. The molecule has 0 spiro atoms. The summed E-state index contributed by atoms with van der Waals surface area (Å²) in [6.45, 7) is 8.13. The second-order valence-electron chi connectivity index (χ2n) is 13.0. The van der Waals surface area contributed by atoms with Crippen LogP contribution in [0.15, 0.2) is 59.3 Å². The molecule has 16 heteroatoms. The number of aryl methyl sites for hydroxylation is 1. The van der Waals surface area contributed by atoms with Gasteiger partial charge in [0.15, 0.2) is 0 Å². The van der Waals surface area contributed by atoms with Crippen molar-refractivity contribution in [3.63, 3.8) is 0 Å². The van der Waals surface area contributed by atoms with Gasteiger partial charge >= 0.3 is 12.4 Å². The third kappa shape index (κ3) is 8.30. The van der Waals surface area contributed by atoms with Gasteiger partial charge in [0.2, 0.25) is 0 Å². The molecular weight excluding hydrogens is 784 g/mol. The van der Waals surface area contributed by atoms with E-state index in [-0.39, 0.29) is 23.7 Å². The highest BCUT2D eigenvalue weighted by Gasteiger charge is 2.36. The molecule has 2 aliphatic rings. The molecule has 0 N–H and O–H groups in total. The van der Waals surface area contributed by atoms with Crippen molar-refractivity contribution >= 4 is 15.9 Å². The van der Waals surface area contributed by atoms with Crippen LogP contribution in [0.1, 0.15) is 42.1 Å². The van der Waals surface area contributed by atoms with E-state index >= 15 is 0 Å². The van der Waals surface area contributed by atoms with E-state index in [0.29, 0.717) is 66.5 Å². The Labute approximate surface area is 316 Å². The molecule has 0 radical (unpaired) electrons. The Kier molecular flexibility index (Phi) is 11.5.